The van der Waals surface area contributed by atoms with Gasteiger partial charge in [-0.05, 0) is 37.0 Å². The van der Waals surface area contributed by atoms with Crippen LogP contribution in [0, 0.1) is 0 Å². The van der Waals surface area contributed by atoms with E-state index in [0.717, 1.165) is 6.42 Å². The second-order valence-corrected chi connectivity index (χ2v) is 4.73. The number of aliphatic hydroxyl groups excluding tert-OH is 1. The molecule has 2 heteroatoms. The quantitative estimate of drug-likeness (QED) is 0.779. The summed E-state index contributed by atoms with van der Waals surface area (Å²) in [7, 11) is 0. The molecule has 1 unspecified atom stereocenters. The van der Waals surface area contributed by atoms with Gasteiger partial charge in [-0.25, -0.2) is 0 Å². The molecule has 0 aliphatic carbocycles. The van der Waals surface area contributed by atoms with Crippen molar-refractivity contribution in [2.75, 3.05) is 5.75 Å². The Morgan fingerprint density at radius 2 is 2.38 bits per heavy atom. The molecule has 0 bridgehead atoms. The monoisotopic (exact) mass is 194 g/mol. The minimum atomic E-state index is -0.232. The van der Waals surface area contributed by atoms with Crippen LogP contribution < -0.4 is 0 Å². The SMILES string of the molecule is CC(O)Cc1ccc2c(c1)SCC2. The summed E-state index contributed by atoms with van der Waals surface area (Å²) in [5, 5.41) is 9.25. The minimum absolute atomic E-state index is 0.232. The molecule has 13 heavy (non-hydrogen) atoms. The van der Waals surface area contributed by atoms with E-state index in [0.29, 0.717) is 0 Å². The Balaban J connectivity index is 2.21. The third-order valence-electron chi connectivity index (χ3n) is 2.29. The highest BCUT2D eigenvalue weighted by atomic mass is 32.2. The standard InChI is InChI=1S/C11H14OS/c1-8(12)6-9-2-3-10-4-5-13-11(10)7-9/h2-3,7-8,12H,4-6H2,1H3. The number of thioether (sulfide) groups is 1. The average Bonchev–Trinajstić information content (AvgIpc) is 2.49. The largest absolute Gasteiger partial charge is 0.393 e. The van der Waals surface area contributed by atoms with E-state index in [1.165, 1.54) is 28.2 Å². The third kappa shape index (κ3) is 2.06. The second-order valence-electron chi connectivity index (χ2n) is 3.59. The molecule has 0 radical (unpaired) electrons. The van der Waals surface area contributed by atoms with E-state index in [1.54, 1.807) is 0 Å². The fourth-order valence-electron chi connectivity index (χ4n) is 1.68. The van der Waals surface area contributed by atoms with Crippen molar-refractivity contribution in [2.45, 2.75) is 30.8 Å². The molecular formula is C11H14OS. The zero-order valence-electron chi connectivity index (χ0n) is 7.79. The molecule has 2 rings (SSSR count). The van der Waals surface area contributed by atoms with Gasteiger partial charge < -0.3 is 5.11 Å². The van der Waals surface area contributed by atoms with Crippen LogP contribution in [0.15, 0.2) is 23.1 Å². The van der Waals surface area contributed by atoms with Crippen LogP contribution in [0.25, 0.3) is 0 Å². The minimum Gasteiger partial charge on any atom is -0.393 e. The number of aryl methyl sites for hydroxylation is 1. The zero-order valence-corrected chi connectivity index (χ0v) is 8.60. The van der Waals surface area contributed by atoms with Crippen LogP contribution >= 0.6 is 11.8 Å². The summed E-state index contributed by atoms with van der Waals surface area (Å²) < 4.78 is 0. The molecular weight excluding hydrogens is 180 g/mol. The van der Waals surface area contributed by atoms with Gasteiger partial charge in [-0.1, -0.05) is 12.1 Å². The van der Waals surface area contributed by atoms with Crippen molar-refractivity contribution < 1.29 is 5.11 Å². The van der Waals surface area contributed by atoms with E-state index >= 15 is 0 Å². The highest BCUT2D eigenvalue weighted by Gasteiger charge is 2.11. The van der Waals surface area contributed by atoms with Crippen molar-refractivity contribution in [1.29, 1.82) is 0 Å². The van der Waals surface area contributed by atoms with E-state index in [2.05, 4.69) is 18.2 Å². The summed E-state index contributed by atoms with van der Waals surface area (Å²) in [4.78, 5) is 1.41. The summed E-state index contributed by atoms with van der Waals surface area (Å²) >= 11 is 1.93. The van der Waals surface area contributed by atoms with Crippen LogP contribution in [-0.2, 0) is 12.8 Å². The third-order valence-corrected chi connectivity index (χ3v) is 3.39. The fourth-order valence-corrected chi connectivity index (χ4v) is 2.81. The molecule has 0 aromatic heterocycles. The molecule has 0 saturated heterocycles. The topological polar surface area (TPSA) is 20.2 Å². The summed E-state index contributed by atoms with van der Waals surface area (Å²) in [5.41, 5.74) is 2.72. The molecule has 0 saturated carbocycles. The Bertz CT molecular complexity index is 307. The molecule has 0 spiro atoms. The normalized spacial score (nSPS) is 17.1. The highest BCUT2D eigenvalue weighted by molar-refractivity contribution is 7.99. The van der Waals surface area contributed by atoms with E-state index in [1.807, 2.05) is 18.7 Å². The number of hydrogen-bond acceptors (Lipinski definition) is 2. The first-order valence-corrected chi connectivity index (χ1v) is 5.67. The highest BCUT2D eigenvalue weighted by Crippen LogP contribution is 2.31. The van der Waals surface area contributed by atoms with Gasteiger partial charge in [0.15, 0.2) is 0 Å². The van der Waals surface area contributed by atoms with Gasteiger partial charge in [0.05, 0.1) is 6.10 Å². The lowest BCUT2D eigenvalue weighted by Crippen LogP contribution is -2.04. The maximum absolute atomic E-state index is 9.25. The van der Waals surface area contributed by atoms with Crippen molar-refractivity contribution in [3.8, 4) is 0 Å². The van der Waals surface area contributed by atoms with Gasteiger partial charge in [0, 0.05) is 10.6 Å². The van der Waals surface area contributed by atoms with Crippen LogP contribution in [0.5, 0.6) is 0 Å². The lowest BCUT2D eigenvalue weighted by atomic mass is 10.1. The van der Waals surface area contributed by atoms with Gasteiger partial charge in [0.2, 0.25) is 0 Å². The molecule has 1 heterocycles. The van der Waals surface area contributed by atoms with Gasteiger partial charge in [0.1, 0.15) is 0 Å². The Labute approximate surface area is 83.2 Å². The Morgan fingerprint density at radius 3 is 3.15 bits per heavy atom. The number of fused-ring (bicyclic) bond motifs is 1. The van der Waals surface area contributed by atoms with Crippen LogP contribution in [0.2, 0.25) is 0 Å². The fraction of sp³-hybridized carbons (Fsp3) is 0.455. The lowest BCUT2D eigenvalue weighted by molar-refractivity contribution is 0.195. The van der Waals surface area contributed by atoms with E-state index in [-0.39, 0.29) is 6.10 Å². The number of hydrogen-bond donors (Lipinski definition) is 1. The Kier molecular flexibility index (Phi) is 2.61. The van der Waals surface area contributed by atoms with Gasteiger partial charge in [0.25, 0.3) is 0 Å². The first-order chi connectivity index (χ1) is 6.25. The van der Waals surface area contributed by atoms with Crippen molar-refractivity contribution in [1.82, 2.24) is 0 Å². The molecule has 0 amide bonds. The first kappa shape index (κ1) is 9.10. The Morgan fingerprint density at radius 1 is 1.54 bits per heavy atom. The predicted octanol–water partition coefficient (Wildman–Crippen LogP) is 2.26. The molecule has 1 aromatic rings. The number of benzene rings is 1. The predicted molar refractivity (Wildman–Crippen MR) is 56.3 cm³/mol. The zero-order chi connectivity index (χ0) is 9.26. The smallest absolute Gasteiger partial charge is 0.0552 e. The summed E-state index contributed by atoms with van der Waals surface area (Å²) in [6, 6.07) is 6.56. The first-order valence-electron chi connectivity index (χ1n) is 4.68. The van der Waals surface area contributed by atoms with Crippen LogP contribution in [0.1, 0.15) is 18.1 Å². The van der Waals surface area contributed by atoms with E-state index in [4.69, 9.17) is 0 Å². The van der Waals surface area contributed by atoms with E-state index < -0.39 is 0 Å². The summed E-state index contributed by atoms with van der Waals surface area (Å²) in [5.74, 6) is 1.22. The van der Waals surface area contributed by atoms with Gasteiger partial charge in [-0.2, -0.15) is 0 Å². The van der Waals surface area contributed by atoms with Crippen molar-refractivity contribution in [3.63, 3.8) is 0 Å². The van der Waals surface area contributed by atoms with Crippen LogP contribution in [0.3, 0.4) is 0 Å². The lowest BCUT2D eigenvalue weighted by Gasteiger charge is -2.06. The maximum atomic E-state index is 9.25. The van der Waals surface area contributed by atoms with Crippen molar-refractivity contribution in [3.05, 3.63) is 29.3 Å². The van der Waals surface area contributed by atoms with Crippen LogP contribution in [-0.4, -0.2) is 17.0 Å². The molecule has 1 aliphatic rings. The molecule has 0 fully saturated rings. The molecule has 70 valence electrons. The summed E-state index contributed by atoms with van der Waals surface area (Å²) in [6.07, 6.45) is 1.74. The number of aliphatic hydroxyl groups is 1. The molecule has 1 N–H and O–H groups in total. The maximum Gasteiger partial charge on any atom is 0.0552 e. The van der Waals surface area contributed by atoms with Crippen molar-refractivity contribution >= 4 is 11.8 Å². The number of rotatable bonds is 2. The van der Waals surface area contributed by atoms with Crippen LogP contribution in [0.4, 0.5) is 0 Å². The molecule has 1 aliphatic heterocycles. The summed E-state index contributed by atoms with van der Waals surface area (Å²) in [6.45, 7) is 1.83. The molecule has 1 aromatic carbocycles. The average molecular weight is 194 g/mol. The molecule has 1 atom stereocenters. The van der Waals surface area contributed by atoms with Gasteiger partial charge in [-0.15, -0.1) is 11.8 Å². The van der Waals surface area contributed by atoms with E-state index in [9.17, 15) is 5.11 Å². The van der Waals surface area contributed by atoms with Gasteiger partial charge in [-0.3, -0.25) is 0 Å². The Hall–Kier alpha value is -0.470. The second kappa shape index (κ2) is 3.72. The molecule has 1 nitrogen and oxygen atoms in total. The van der Waals surface area contributed by atoms with Gasteiger partial charge >= 0.3 is 0 Å². The van der Waals surface area contributed by atoms with Crippen molar-refractivity contribution in [2.24, 2.45) is 0 Å².